The van der Waals surface area contributed by atoms with Crippen molar-refractivity contribution in [2.45, 2.75) is 0 Å². The molecule has 0 bridgehead atoms. The van der Waals surface area contributed by atoms with Gasteiger partial charge in [0.25, 0.3) is 0 Å². The molecule has 1 N–H and O–H groups in total. The van der Waals surface area contributed by atoms with Crippen molar-refractivity contribution in [3.63, 3.8) is 0 Å². The van der Waals surface area contributed by atoms with Crippen LogP contribution < -0.4 is 4.74 Å². The van der Waals surface area contributed by atoms with Crippen molar-refractivity contribution in [1.82, 2.24) is 9.97 Å². The number of halogens is 1. The van der Waals surface area contributed by atoms with Crippen LogP contribution in [0.4, 0.5) is 0 Å². The summed E-state index contributed by atoms with van der Waals surface area (Å²) in [5, 5.41) is 0.174. The second-order valence-corrected chi connectivity index (χ2v) is 2.06. The molecule has 0 spiro atoms. The van der Waals surface area contributed by atoms with Gasteiger partial charge in [-0.1, -0.05) is 15.9 Å². The number of carbonyl (C=O) groups excluding carboxylic acids is 1. The van der Waals surface area contributed by atoms with Crippen LogP contribution in [-0.4, -0.2) is 21.3 Å². The van der Waals surface area contributed by atoms with E-state index in [4.69, 9.17) is 0 Å². The number of carbonyl (C=O) groups is 1. The average Bonchev–Trinajstić information content (AvgIpc) is 2.40. The summed E-state index contributed by atoms with van der Waals surface area (Å²) in [5.41, 5.74) is 0. The van der Waals surface area contributed by atoms with Crippen molar-refractivity contribution in [3.8, 4) is 6.01 Å². The molecule has 5 heteroatoms. The molecule has 0 radical (unpaired) electrons. The smallest absolute Gasteiger partial charge is 0.324 e. The van der Waals surface area contributed by atoms with Gasteiger partial charge >= 0.3 is 12.0 Å². The van der Waals surface area contributed by atoms with Crippen LogP contribution in [0.25, 0.3) is 0 Å². The van der Waals surface area contributed by atoms with Gasteiger partial charge in [0.05, 0.1) is 0 Å². The zero-order chi connectivity index (χ0) is 7.40. The van der Waals surface area contributed by atoms with E-state index in [2.05, 4.69) is 30.6 Å². The van der Waals surface area contributed by atoms with E-state index in [1.165, 1.54) is 6.20 Å². The minimum Gasteiger partial charge on any atom is -0.392 e. The topological polar surface area (TPSA) is 55.0 Å². The number of aromatic nitrogens is 2. The lowest BCUT2D eigenvalue weighted by atomic mass is 10.8. The Morgan fingerprint density at radius 1 is 1.90 bits per heavy atom. The van der Waals surface area contributed by atoms with E-state index in [0.29, 0.717) is 0 Å². The van der Waals surface area contributed by atoms with Gasteiger partial charge in [0.2, 0.25) is 0 Å². The van der Waals surface area contributed by atoms with E-state index in [0.717, 1.165) is 0 Å². The van der Waals surface area contributed by atoms with Crippen LogP contribution in [-0.2, 0) is 4.79 Å². The summed E-state index contributed by atoms with van der Waals surface area (Å²) in [4.78, 5) is 16.9. The molecule has 0 saturated heterocycles. The standard InChI is InChI=1S/C5H5BrN2O2/c6-3-4(9)10-5-7-1-2-8-5/h1-2H,3H2,(H,7,8). The third-order valence-corrected chi connectivity index (χ3v) is 1.25. The lowest BCUT2D eigenvalue weighted by Gasteiger charge is -1.93. The number of rotatable bonds is 2. The molecule has 54 valence electrons. The number of alkyl halides is 1. The minimum absolute atomic E-state index is 0.174. The largest absolute Gasteiger partial charge is 0.392 e. The first kappa shape index (κ1) is 7.27. The first-order valence-corrected chi connectivity index (χ1v) is 3.71. The normalized spacial score (nSPS) is 9.30. The molecule has 1 heterocycles. The first-order chi connectivity index (χ1) is 4.83. The van der Waals surface area contributed by atoms with Gasteiger partial charge in [0.15, 0.2) is 0 Å². The van der Waals surface area contributed by atoms with Gasteiger partial charge < -0.3 is 9.72 Å². The Labute approximate surface area is 65.7 Å². The van der Waals surface area contributed by atoms with Gasteiger partial charge in [-0.3, -0.25) is 4.79 Å². The zero-order valence-electron chi connectivity index (χ0n) is 5.00. The molecule has 0 aliphatic carbocycles. The molecule has 1 rings (SSSR count). The van der Waals surface area contributed by atoms with Crippen molar-refractivity contribution < 1.29 is 9.53 Å². The molecule has 0 amide bonds. The number of ether oxygens (including phenoxy) is 1. The molecule has 0 aliphatic rings. The summed E-state index contributed by atoms with van der Waals surface area (Å²) in [6.45, 7) is 0. The van der Waals surface area contributed by atoms with E-state index >= 15 is 0 Å². The van der Waals surface area contributed by atoms with Crippen LogP contribution in [0.5, 0.6) is 6.01 Å². The molecule has 1 aromatic rings. The van der Waals surface area contributed by atoms with Crippen molar-refractivity contribution >= 4 is 21.9 Å². The number of esters is 1. The fraction of sp³-hybridized carbons (Fsp3) is 0.200. The summed E-state index contributed by atoms with van der Waals surface area (Å²) in [7, 11) is 0. The quantitative estimate of drug-likeness (QED) is 0.571. The van der Waals surface area contributed by atoms with Crippen molar-refractivity contribution in [2.75, 3.05) is 5.33 Å². The fourth-order valence-corrected chi connectivity index (χ4v) is 0.556. The molecule has 1 aromatic heterocycles. The highest BCUT2D eigenvalue weighted by Gasteiger charge is 2.01. The molecule has 0 atom stereocenters. The third kappa shape index (κ3) is 1.84. The predicted molar refractivity (Wildman–Crippen MR) is 38.0 cm³/mol. The summed E-state index contributed by atoms with van der Waals surface area (Å²) in [5.74, 6) is -0.366. The Bertz CT molecular complexity index is 209. The first-order valence-electron chi connectivity index (χ1n) is 2.59. The van der Waals surface area contributed by atoms with Gasteiger partial charge in [-0.15, -0.1) is 0 Å². The molecule has 0 fully saturated rings. The van der Waals surface area contributed by atoms with Gasteiger partial charge in [-0.05, 0) is 0 Å². The maximum atomic E-state index is 10.6. The monoisotopic (exact) mass is 204 g/mol. The van der Waals surface area contributed by atoms with Gasteiger partial charge in [-0.25, -0.2) is 4.98 Å². The Kier molecular flexibility index (Phi) is 2.44. The van der Waals surface area contributed by atoms with Crippen LogP contribution in [0, 0.1) is 0 Å². The molecule has 4 nitrogen and oxygen atoms in total. The van der Waals surface area contributed by atoms with Crippen molar-refractivity contribution in [1.29, 1.82) is 0 Å². The third-order valence-electron chi connectivity index (χ3n) is 0.793. The molecule has 10 heavy (non-hydrogen) atoms. The van der Waals surface area contributed by atoms with Crippen LogP contribution >= 0.6 is 15.9 Å². The van der Waals surface area contributed by atoms with Crippen molar-refractivity contribution in [3.05, 3.63) is 12.4 Å². The number of aromatic amines is 1. The number of H-pyrrole nitrogens is 1. The van der Waals surface area contributed by atoms with Crippen LogP contribution in [0.15, 0.2) is 12.4 Å². The second-order valence-electron chi connectivity index (χ2n) is 1.50. The highest BCUT2D eigenvalue weighted by Crippen LogP contribution is 1.99. The molecule has 0 saturated carbocycles. The van der Waals surface area contributed by atoms with E-state index in [-0.39, 0.29) is 17.3 Å². The molecule has 0 unspecified atom stereocenters. The highest BCUT2D eigenvalue weighted by atomic mass is 79.9. The summed E-state index contributed by atoms with van der Waals surface area (Å²) >= 11 is 2.94. The molecular formula is C5H5BrN2O2. The molecular weight excluding hydrogens is 200 g/mol. The Hall–Kier alpha value is -0.840. The maximum Gasteiger partial charge on any atom is 0.324 e. The highest BCUT2D eigenvalue weighted by molar-refractivity contribution is 9.09. The van der Waals surface area contributed by atoms with E-state index in [1.54, 1.807) is 6.20 Å². The van der Waals surface area contributed by atoms with E-state index < -0.39 is 0 Å². The van der Waals surface area contributed by atoms with Gasteiger partial charge in [0, 0.05) is 12.4 Å². The van der Waals surface area contributed by atoms with Crippen LogP contribution in [0.2, 0.25) is 0 Å². The lowest BCUT2D eigenvalue weighted by molar-refractivity contribution is -0.131. The number of nitrogens with zero attached hydrogens (tertiary/aromatic N) is 1. The molecule has 0 aliphatic heterocycles. The fourth-order valence-electron chi connectivity index (χ4n) is 0.442. The minimum atomic E-state index is -0.366. The SMILES string of the molecule is O=C(CBr)Oc1ncc[nH]1. The van der Waals surface area contributed by atoms with E-state index in [9.17, 15) is 4.79 Å². The summed E-state index contributed by atoms with van der Waals surface area (Å²) < 4.78 is 4.65. The molecule has 0 aromatic carbocycles. The Morgan fingerprint density at radius 3 is 3.20 bits per heavy atom. The lowest BCUT2D eigenvalue weighted by Crippen LogP contribution is -2.09. The van der Waals surface area contributed by atoms with Gasteiger partial charge in [-0.2, -0.15) is 0 Å². The van der Waals surface area contributed by atoms with E-state index in [1.807, 2.05) is 0 Å². The summed E-state index contributed by atoms with van der Waals surface area (Å²) in [6, 6.07) is 0.226. The average molecular weight is 205 g/mol. The van der Waals surface area contributed by atoms with Crippen LogP contribution in [0.1, 0.15) is 0 Å². The second kappa shape index (κ2) is 3.36. The number of hydrogen-bond donors (Lipinski definition) is 1. The van der Waals surface area contributed by atoms with Gasteiger partial charge in [0.1, 0.15) is 5.33 Å². The maximum absolute atomic E-state index is 10.6. The van der Waals surface area contributed by atoms with Crippen LogP contribution in [0.3, 0.4) is 0 Å². The Balaban J connectivity index is 2.48. The van der Waals surface area contributed by atoms with Crippen molar-refractivity contribution in [2.24, 2.45) is 0 Å². The zero-order valence-corrected chi connectivity index (χ0v) is 6.59. The predicted octanol–water partition coefficient (Wildman–Crippen LogP) is 0.710. The number of imidazole rings is 1. The summed E-state index contributed by atoms with van der Waals surface area (Å²) in [6.07, 6.45) is 3.09. The number of nitrogens with one attached hydrogen (secondary N) is 1. The Morgan fingerprint density at radius 2 is 2.70 bits per heavy atom. The number of hydrogen-bond acceptors (Lipinski definition) is 3.